The third-order valence-electron chi connectivity index (χ3n) is 7.45. The standard InChI is InChI=1S/C26H39N3O2/c1-18(2)21-9-8-10-22(19(3)4)24(21)27-23(30)16-28-17-26(13-6-5-7-14-26)29(25(28)31)15-20-11-12-20/h8-10,18-20H,5-7,11-17H2,1-4H3,(H,27,30). The van der Waals surface area contributed by atoms with Gasteiger partial charge in [0.15, 0.2) is 0 Å². The average Bonchev–Trinajstić information content (AvgIpc) is 3.52. The van der Waals surface area contributed by atoms with Crippen LogP contribution < -0.4 is 5.32 Å². The van der Waals surface area contributed by atoms with E-state index >= 15 is 0 Å². The van der Waals surface area contributed by atoms with Crippen LogP contribution in [0.15, 0.2) is 18.2 Å². The van der Waals surface area contributed by atoms with Crippen LogP contribution in [0.4, 0.5) is 10.5 Å². The van der Waals surface area contributed by atoms with Gasteiger partial charge in [-0.05, 0) is 54.6 Å². The molecule has 2 saturated carbocycles. The van der Waals surface area contributed by atoms with Gasteiger partial charge in [0.2, 0.25) is 5.91 Å². The molecular formula is C26H39N3O2. The SMILES string of the molecule is CC(C)c1cccc(C(C)C)c1NC(=O)CN1CC2(CCCCC2)N(CC2CC2)C1=O. The first-order valence-electron chi connectivity index (χ1n) is 12.3. The highest BCUT2D eigenvalue weighted by Crippen LogP contribution is 2.42. The zero-order valence-electron chi connectivity index (χ0n) is 19.7. The number of rotatable bonds is 7. The molecule has 0 unspecified atom stereocenters. The van der Waals surface area contributed by atoms with E-state index < -0.39 is 0 Å². The van der Waals surface area contributed by atoms with E-state index in [1.165, 1.54) is 32.1 Å². The third-order valence-corrected chi connectivity index (χ3v) is 7.45. The lowest BCUT2D eigenvalue weighted by molar-refractivity contribution is -0.116. The van der Waals surface area contributed by atoms with Gasteiger partial charge >= 0.3 is 6.03 Å². The molecule has 1 spiro atoms. The van der Waals surface area contributed by atoms with E-state index in [1.54, 1.807) is 0 Å². The van der Waals surface area contributed by atoms with Crippen molar-refractivity contribution in [2.24, 2.45) is 5.92 Å². The van der Waals surface area contributed by atoms with Gasteiger partial charge in [-0.2, -0.15) is 0 Å². The lowest BCUT2D eigenvalue weighted by Crippen LogP contribution is -2.49. The topological polar surface area (TPSA) is 52.7 Å². The minimum atomic E-state index is -0.0809. The van der Waals surface area contributed by atoms with Crippen molar-refractivity contribution in [1.82, 2.24) is 9.80 Å². The number of hydrogen-bond donors (Lipinski definition) is 1. The number of nitrogens with zero attached hydrogens (tertiary/aromatic N) is 2. The van der Waals surface area contributed by atoms with E-state index in [2.05, 4.69) is 56.1 Å². The van der Waals surface area contributed by atoms with Crippen LogP contribution in [0.5, 0.6) is 0 Å². The van der Waals surface area contributed by atoms with Gasteiger partial charge in [0.05, 0.1) is 5.54 Å². The maximum atomic E-state index is 13.4. The molecule has 4 rings (SSSR count). The Morgan fingerprint density at radius 1 is 1.06 bits per heavy atom. The molecule has 1 heterocycles. The Kier molecular flexibility index (Phi) is 6.32. The molecule has 1 N–H and O–H groups in total. The molecular weight excluding hydrogens is 386 g/mol. The summed E-state index contributed by atoms with van der Waals surface area (Å²) < 4.78 is 0. The number of anilines is 1. The monoisotopic (exact) mass is 425 g/mol. The van der Waals surface area contributed by atoms with Crippen LogP contribution in [-0.4, -0.2) is 46.9 Å². The lowest BCUT2D eigenvalue weighted by Gasteiger charge is -2.40. The molecule has 170 valence electrons. The molecule has 0 aromatic heterocycles. The van der Waals surface area contributed by atoms with Crippen molar-refractivity contribution < 1.29 is 9.59 Å². The normalized spacial score (nSPS) is 20.9. The van der Waals surface area contributed by atoms with E-state index in [-0.39, 0.29) is 24.0 Å². The Morgan fingerprint density at radius 2 is 1.68 bits per heavy atom. The molecule has 1 aromatic carbocycles. The largest absolute Gasteiger partial charge is 0.324 e. The van der Waals surface area contributed by atoms with Gasteiger partial charge in [-0.1, -0.05) is 65.2 Å². The molecule has 0 atom stereocenters. The van der Waals surface area contributed by atoms with Crippen molar-refractivity contribution in [3.8, 4) is 0 Å². The second-order valence-corrected chi connectivity index (χ2v) is 10.6. The highest BCUT2D eigenvalue weighted by Gasteiger charge is 2.51. The van der Waals surface area contributed by atoms with E-state index in [4.69, 9.17) is 0 Å². The minimum Gasteiger partial charge on any atom is -0.324 e. The Bertz CT molecular complexity index is 796. The van der Waals surface area contributed by atoms with Gasteiger partial charge in [-0.3, -0.25) is 4.79 Å². The van der Waals surface area contributed by atoms with Crippen LogP contribution >= 0.6 is 0 Å². The number of nitrogens with one attached hydrogen (secondary N) is 1. The highest BCUT2D eigenvalue weighted by molar-refractivity contribution is 5.96. The van der Waals surface area contributed by atoms with Crippen molar-refractivity contribution in [3.05, 3.63) is 29.3 Å². The number of para-hydroxylation sites is 1. The van der Waals surface area contributed by atoms with Crippen molar-refractivity contribution >= 4 is 17.6 Å². The Hall–Kier alpha value is -2.04. The average molecular weight is 426 g/mol. The first-order chi connectivity index (χ1) is 14.8. The number of carbonyl (C=O) groups is 2. The molecule has 31 heavy (non-hydrogen) atoms. The summed E-state index contributed by atoms with van der Waals surface area (Å²) in [5.74, 6) is 1.23. The van der Waals surface area contributed by atoms with Crippen LogP contribution in [-0.2, 0) is 4.79 Å². The van der Waals surface area contributed by atoms with Crippen molar-refractivity contribution in [3.63, 3.8) is 0 Å². The summed E-state index contributed by atoms with van der Waals surface area (Å²) in [7, 11) is 0. The third kappa shape index (κ3) is 4.61. The van der Waals surface area contributed by atoms with Crippen molar-refractivity contribution in [2.75, 3.05) is 25.0 Å². The van der Waals surface area contributed by atoms with Gasteiger partial charge in [-0.25, -0.2) is 4.79 Å². The first-order valence-corrected chi connectivity index (χ1v) is 12.3. The fourth-order valence-electron chi connectivity index (χ4n) is 5.52. The van der Waals surface area contributed by atoms with Crippen molar-refractivity contribution in [1.29, 1.82) is 0 Å². The summed E-state index contributed by atoms with van der Waals surface area (Å²) in [6.45, 7) is 10.3. The molecule has 5 nitrogen and oxygen atoms in total. The van der Waals surface area contributed by atoms with Gasteiger partial charge in [-0.15, -0.1) is 0 Å². The molecule has 1 aliphatic heterocycles. The van der Waals surface area contributed by atoms with Gasteiger partial charge in [0.1, 0.15) is 6.54 Å². The summed E-state index contributed by atoms with van der Waals surface area (Å²) in [5.41, 5.74) is 3.21. The minimum absolute atomic E-state index is 0.0445. The summed E-state index contributed by atoms with van der Waals surface area (Å²) in [5, 5.41) is 3.20. The van der Waals surface area contributed by atoms with Crippen LogP contribution in [0.3, 0.4) is 0 Å². The lowest BCUT2D eigenvalue weighted by atomic mass is 9.81. The molecule has 3 amide bonds. The predicted molar refractivity (Wildman–Crippen MR) is 125 cm³/mol. The molecule has 3 aliphatic rings. The predicted octanol–water partition coefficient (Wildman–Crippen LogP) is 5.72. The first kappa shape index (κ1) is 22.2. The Balaban J connectivity index is 1.51. The van der Waals surface area contributed by atoms with Crippen LogP contribution in [0.1, 0.15) is 95.6 Å². The van der Waals surface area contributed by atoms with E-state index in [1.807, 2.05) is 4.90 Å². The number of hydrogen-bond acceptors (Lipinski definition) is 2. The number of amides is 3. The molecule has 0 bridgehead atoms. The Labute approximate surface area is 187 Å². The molecule has 2 aliphatic carbocycles. The second-order valence-electron chi connectivity index (χ2n) is 10.6. The molecule has 0 radical (unpaired) electrons. The maximum Gasteiger partial charge on any atom is 0.321 e. The van der Waals surface area contributed by atoms with Gasteiger partial charge in [0, 0.05) is 18.8 Å². The second kappa shape index (κ2) is 8.84. The quantitative estimate of drug-likeness (QED) is 0.607. The smallest absolute Gasteiger partial charge is 0.321 e. The molecule has 5 heteroatoms. The van der Waals surface area contributed by atoms with Crippen LogP contribution in [0.25, 0.3) is 0 Å². The summed E-state index contributed by atoms with van der Waals surface area (Å²) in [4.78, 5) is 30.5. The van der Waals surface area contributed by atoms with Crippen LogP contribution in [0, 0.1) is 5.92 Å². The van der Waals surface area contributed by atoms with Gasteiger partial charge in [0.25, 0.3) is 0 Å². The Morgan fingerprint density at radius 3 is 2.23 bits per heavy atom. The zero-order chi connectivity index (χ0) is 22.2. The zero-order valence-corrected chi connectivity index (χ0v) is 19.7. The van der Waals surface area contributed by atoms with E-state index in [9.17, 15) is 9.59 Å². The molecule has 1 aromatic rings. The van der Waals surface area contributed by atoms with Crippen LogP contribution in [0.2, 0.25) is 0 Å². The van der Waals surface area contributed by atoms with E-state index in [0.717, 1.165) is 36.2 Å². The van der Waals surface area contributed by atoms with E-state index in [0.29, 0.717) is 24.3 Å². The maximum absolute atomic E-state index is 13.4. The fourth-order valence-corrected chi connectivity index (χ4v) is 5.52. The summed E-state index contributed by atoms with van der Waals surface area (Å²) in [6.07, 6.45) is 8.28. The summed E-state index contributed by atoms with van der Waals surface area (Å²) in [6, 6.07) is 6.35. The molecule has 1 saturated heterocycles. The molecule has 3 fully saturated rings. The fraction of sp³-hybridized carbons (Fsp3) is 0.692. The number of urea groups is 1. The highest BCUT2D eigenvalue weighted by atomic mass is 16.2. The van der Waals surface area contributed by atoms with Gasteiger partial charge < -0.3 is 15.1 Å². The number of benzene rings is 1. The van der Waals surface area contributed by atoms with Crippen molar-refractivity contribution in [2.45, 2.75) is 90.0 Å². The number of carbonyl (C=O) groups excluding carboxylic acids is 2. The summed E-state index contributed by atoms with van der Waals surface area (Å²) >= 11 is 0.